The maximum absolute atomic E-state index is 11.4. The molecule has 1 aliphatic heterocycles. The van der Waals surface area contributed by atoms with Crippen molar-refractivity contribution >= 4 is 35.5 Å². The zero-order valence-electron chi connectivity index (χ0n) is 19.1. The fraction of sp³-hybridized carbons (Fsp3) is 0.708. The molecule has 1 aromatic carbocycles. The van der Waals surface area contributed by atoms with Gasteiger partial charge in [0.2, 0.25) is 0 Å². The van der Waals surface area contributed by atoms with Crippen LogP contribution in [0.2, 0.25) is 0 Å². The second kappa shape index (κ2) is 9.39. The molecule has 0 spiro atoms. The van der Waals surface area contributed by atoms with E-state index in [1.54, 1.807) is 6.07 Å². The van der Waals surface area contributed by atoms with Crippen molar-refractivity contribution in [1.29, 1.82) is 0 Å². The summed E-state index contributed by atoms with van der Waals surface area (Å²) in [6.07, 6.45) is -2.38. The largest absolute Gasteiger partial charge is 0.508 e. The van der Waals surface area contributed by atoms with E-state index in [0.29, 0.717) is 23.5 Å². The molecule has 8 nitrogen and oxygen atoms in total. The van der Waals surface area contributed by atoms with E-state index in [9.17, 15) is 30.3 Å². The molecule has 1 saturated heterocycles. The number of aliphatic carboxylic acids is 1. The average Bonchev–Trinajstić information content (AvgIpc) is 3.09. The topological polar surface area (TPSA) is 137 Å². The number of rotatable bonds is 3. The van der Waals surface area contributed by atoms with E-state index in [2.05, 4.69) is 13.0 Å². The third kappa shape index (κ3) is 4.16. The number of ether oxygens (including phenoxy) is 2. The van der Waals surface area contributed by atoms with E-state index >= 15 is 0 Å². The van der Waals surface area contributed by atoms with Crippen LogP contribution in [0.3, 0.4) is 0 Å². The summed E-state index contributed by atoms with van der Waals surface area (Å²) >= 11 is 0. The third-order valence-electron chi connectivity index (χ3n) is 8.73. The predicted octanol–water partition coefficient (Wildman–Crippen LogP) is 1.14. The van der Waals surface area contributed by atoms with E-state index in [1.807, 2.05) is 6.07 Å². The van der Waals surface area contributed by atoms with Crippen LogP contribution in [0, 0.1) is 17.3 Å². The quantitative estimate of drug-likeness (QED) is 0.414. The Morgan fingerprint density at radius 2 is 1.85 bits per heavy atom. The summed E-state index contributed by atoms with van der Waals surface area (Å²) in [7, 11) is 0. The first-order chi connectivity index (χ1) is 15.2. The first-order valence-corrected chi connectivity index (χ1v) is 11.6. The molecule has 4 aliphatic rings. The van der Waals surface area contributed by atoms with E-state index in [1.165, 1.54) is 11.1 Å². The van der Waals surface area contributed by atoms with Gasteiger partial charge in [0.15, 0.2) is 12.4 Å². The van der Waals surface area contributed by atoms with E-state index in [4.69, 9.17) is 9.47 Å². The maximum atomic E-state index is 11.4. The molecule has 1 heterocycles. The molecular formula is C24H32NaO8. The molecule has 3 fully saturated rings. The minimum atomic E-state index is -1.72. The van der Waals surface area contributed by atoms with E-state index in [0.717, 1.165) is 38.5 Å². The second-order valence-electron chi connectivity index (χ2n) is 10.3. The Bertz CT molecular complexity index is 895. The summed E-state index contributed by atoms with van der Waals surface area (Å²) in [4.78, 5) is 11.4. The van der Waals surface area contributed by atoms with Gasteiger partial charge >= 0.3 is 5.97 Å². The number of carbonyl (C=O) groups is 1. The summed E-state index contributed by atoms with van der Waals surface area (Å²) in [5.41, 5.74) is 2.45. The monoisotopic (exact) mass is 471 g/mol. The average molecular weight is 472 g/mol. The van der Waals surface area contributed by atoms with Crippen molar-refractivity contribution in [2.24, 2.45) is 17.3 Å². The Morgan fingerprint density at radius 3 is 2.58 bits per heavy atom. The Labute approximate surface area is 215 Å². The van der Waals surface area contributed by atoms with Gasteiger partial charge in [-0.05, 0) is 85.0 Å². The van der Waals surface area contributed by atoms with Crippen LogP contribution in [-0.2, 0) is 20.7 Å². The van der Waals surface area contributed by atoms with Crippen LogP contribution in [-0.4, -0.2) is 97.9 Å². The SMILES string of the molecule is C[C@]12CC[C@@H]3c4ccc(O)cc4CC[C@H]3[C@@H]1CC[C@@H]2O[C@@H]1O[C@H](C(=O)O)[C@@H](O)[C@H](O)[C@H]1O.[Na]. The standard InChI is InChI=1S/C24H32O8.Na/c1-24-9-8-14-13-5-3-12(25)10-11(13)2-4-15(14)16(24)6-7-17(24)31-23-20(28)18(26)19(27)21(32-23)22(29)30;/h3,5,10,14-21,23,25-28H,2,4,6-9H2,1H3,(H,29,30);/t14-,15-,16+,17+,18+,19+,20-,21+,23-,24+;/m1./s1. The number of carboxylic acids is 1. The Kier molecular flexibility index (Phi) is 7.22. The number of phenolic OH excluding ortho intramolecular Hbond substituents is 1. The Balaban J connectivity index is 0.00000259. The zero-order valence-corrected chi connectivity index (χ0v) is 21.1. The second-order valence-corrected chi connectivity index (χ2v) is 10.3. The number of phenols is 1. The van der Waals surface area contributed by atoms with Crippen molar-refractivity contribution in [2.45, 2.75) is 88.2 Å². The molecule has 9 heteroatoms. The van der Waals surface area contributed by atoms with Crippen molar-refractivity contribution in [3.63, 3.8) is 0 Å². The molecule has 33 heavy (non-hydrogen) atoms. The Morgan fingerprint density at radius 1 is 1.09 bits per heavy atom. The third-order valence-corrected chi connectivity index (χ3v) is 8.73. The number of benzene rings is 1. The van der Waals surface area contributed by atoms with E-state index < -0.39 is 36.7 Å². The van der Waals surface area contributed by atoms with Crippen molar-refractivity contribution in [1.82, 2.24) is 0 Å². The Hall–Kier alpha value is -0.710. The van der Waals surface area contributed by atoms with Crippen LogP contribution in [0.1, 0.15) is 56.1 Å². The van der Waals surface area contributed by atoms with Crippen molar-refractivity contribution < 1.29 is 39.8 Å². The molecular weight excluding hydrogens is 439 g/mol. The van der Waals surface area contributed by atoms with Gasteiger partial charge in [-0.3, -0.25) is 0 Å². The number of hydrogen-bond acceptors (Lipinski definition) is 7. The van der Waals surface area contributed by atoms with Gasteiger partial charge in [-0.25, -0.2) is 4.79 Å². The summed E-state index contributed by atoms with van der Waals surface area (Å²) in [5.74, 6) is 0.312. The van der Waals surface area contributed by atoms with E-state index in [-0.39, 0.29) is 41.1 Å². The van der Waals surface area contributed by atoms with Crippen LogP contribution < -0.4 is 0 Å². The van der Waals surface area contributed by atoms with Gasteiger partial charge in [-0.2, -0.15) is 0 Å². The summed E-state index contributed by atoms with van der Waals surface area (Å²) in [5, 5.41) is 49.6. The molecule has 0 bridgehead atoms. The van der Waals surface area contributed by atoms with Gasteiger partial charge in [0.1, 0.15) is 24.1 Å². The normalized spacial score (nSPS) is 44.2. The smallest absolute Gasteiger partial charge is 0.335 e. The summed E-state index contributed by atoms with van der Waals surface area (Å²) in [6.45, 7) is 2.22. The fourth-order valence-corrected chi connectivity index (χ4v) is 7.07. The van der Waals surface area contributed by atoms with Gasteiger partial charge in [0, 0.05) is 29.6 Å². The van der Waals surface area contributed by atoms with Gasteiger partial charge in [-0.15, -0.1) is 0 Å². The fourth-order valence-electron chi connectivity index (χ4n) is 7.07. The zero-order chi connectivity index (χ0) is 22.8. The van der Waals surface area contributed by atoms with Gasteiger partial charge in [-0.1, -0.05) is 13.0 Å². The van der Waals surface area contributed by atoms with Crippen LogP contribution in [0.5, 0.6) is 5.75 Å². The first kappa shape index (κ1) is 25.4. The molecule has 5 N–H and O–H groups in total. The molecule has 10 atom stereocenters. The number of fused-ring (bicyclic) bond motifs is 5. The first-order valence-electron chi connectivity index (χ1n) is 11.6. The maximum Gasteiger partial charge on any atom is 0.335 e. The molecule has 1 aromatic rings. The number of hydrogen-bond donors (Lipinski definition) is 5. The molecule has 1 radical (unpaired) electrons. The number of aliphatic hydroxyl groups is 3. The van der Waals surface area contributed by atoms with Crippen molar-refractivity contribution in [3.8, 4) is 5.75 Å². The molecule has 0 aromatic heterocycles. The number of aromatic hydroxyl groups is 1. The summed E-state index contributed by atoms with van der Waals surface area (Å²) in [6, 6.07) is 5.73. The molecule has 3 aliphatic carbocycles. The van der Waals surface area contributed by atoms with Gasteiger partial charge in [0.25, 0.3) is 0 Å². The predicted molar refractivity (Wildman–Crippen MR) is 118 cm³/mol. The van der Waals surface area contributed by atoms with Crippen LogP contribution in [0.25, 0.3) is 0 Å². The number of aliphatic hydroxyl groups excluding tert-OH is 3. The molecule has 0 amide bonds. The van der Waals surface area contributed by atoms with Gasteiger partial charge < -0.3 is 35.0 Å². The van der Waals surface area contributed by atoms with Crippen LogP contribution in [0.15, 0.2) is 18.2 Å². The summed E-state index contributed by atoms with van der Waals surface area (Å²) < 4.78 is 11.5. The van der Waals surface area contributed by atoms with Crippen molar-refractivity contribution in [3.05, 3.63) is 29.3 Å². The van der Waals surface area contributed by atoms with Crippen LogP contribution in [0.4, 0.5) is 0 Å². The van der Waals surface area contributed by atoms with Gasteiger partial charge in [0.05, 0.1) is 6.10 Å². The molecule has 5 rings (SSSR count). The number of carboxylic acid groups (broad SMARTS) is 1. The minimum Gasteiger partial charge on any atom is -0.508 e. The minimum absolute atomic E-state index is 0. The number of aryl methyl sites for hydroxylation is 1. The molecule has 2 saturated carbocycles. The molecule has 0 unspecified atom stereocenters. The van der Waals surface area contributed by atoms with Crippen molar-refractivity contribution in [2.75, 3.05) is 0 Å². The molecule has 177 valence electrons. The van der Waals surface area contributed by atoms with Crippen LogP contribution >= 0.6 is 0 Å².